The predicted molar refractivity (Wildman–Crippen MR) is 132 cm³/mol. The number of hydrogen-bond donors (Lipinski definition) is 0. The van der Waals surface area contributed by atoms with Gasteiger partial charge in [0.05, 0.1) is 11.5 Å². The highest BCUT2D eigenvalue weighted by Crippen LogP contribution is 2.38. The summed E-state index contributed by atoms with van der Waals surface area (Å²) in [5.41, 5.74) is 2.04. The van der Waals surface area contributed by atoms with Gasteiger partial charge in [0, 0.05) is 27.5 Å². The second-order valence-electron chi connectivity index (χ2n) is 9.73. The third kappa shape index (κ3) is 6.65. The van der Waals surface area contributed by atoms with Crippen molar-refractivity contribution in [2.75, 3.05) is 6.61 Å². The van der Waals surface area contributed by atoms with Gasteiger partial charge in [0.1, 0.15) is 6.10 Å². The molecule has 2 unspecified atom stereocenters. The molecule has 5 nitrogen and oxygen atoms in total. The summed E-state index contributed by atoms with van der Waals surface area (Å²) >= 11 is 1.33. The van der Waals surface area contributed by atoms with Crippen LogP contribution < -0.4 is 0 Å². The van der Waals surface area contributed by atoms with Gasteiger partial charge in [0.15, 0.2) is 14.6 Å². The van der Waals surface area contributed by atoms with E-state index in [0.717, 1.165) is 35.3 Å². The number of rotatable bonds is 8. The number of ether oxygens (including phenoxy) is 2. The Kier molecular flexibility index (Phi) is 8.29. The van der Waals surface area contributed by atoms with Crippen LogP contribution in [0.1, 0.15) is 62.1 Å². The number of thiophene rings is 1. The van der Waals surface area contributed by atoms with Gasteiger partial charge in [-0.3, -0.25) is 0 Å². The summed E-state index contributed by atoms with van der Waals surface area (Å²) in [7, 11) is -0.0757. The number of hydrogen-bond acceptors (Lipinski definition) is 6. The van der Waals surface area contributed by atoms with E-state index in [4.69, 9.17) is 24.6 Å². The summed E-state index contributed by atoms with van der Waals surface area (Å²) in [5, 5.41) is 1.71. The molecule has 178 valence electrons. The maximum atomic E-state index is 11.8. The van der Waals surface area contributed by atoms with Crippen molar-refractivity contribution >= 4 is 39.4 Å². The van der Waals surface area contributed by atoms with Crippen LogP contribution in [0.5, 0.6) is 0 Å². The molecule has 9 heteroatoms. The Labute approximate surface area is 201 Å². The Hall–Kier alpha value is -0.743. The average Bonchev–Trinajstić information content (AvgIpc) is 3.21. The first-order valence-corrected chi connectivity index (χ1v) is 17.0. The second-order valence-corrected chi connectivity index (χ2v) is 18.0. The Morgan fingerprint density at radius 2 is 1.91 bits per heavy atom. The molecule has 1 aromatic heterocycles. The van der Waals surface area contributed by atoms with Gasteiger partial charge in [0.25, 0.3) is 9.05 Å². The van der Waals surface area contributed by atoms with E-state index in [1.807, 2.05) is 24.3 Å². The largest absolute Gasteiger partial charge is 0.413 e. The molecule has 1 aliphatic rings. The van der Waals surface area contributed by atoms with Gasteiger partial charge in [-0.25, -0.2) is 8.42 Å². The quantitative estimate of drug-likeness (QED) is 0.284. The van der Waals surface area contributed by atoms with Crippen molar-refractivity contribution in [1.82, 2.24) is 0 Å². The van der Waals surface area contributed by atoms with Gasteiger partial charge in [-0.05, 0) is 54.6 Å². The van der Waals surface area contributed by atoms with Crippen molar-refractivity contribution in [1.29, 1.82) is 0 Å². The molecule has 1 aromatic carbocycles. The molecule has 32 heavy (non-hydrogen) atoms. The fourth-order valence-corrected chi connectivity index (χ4v) is 6.35. The van der Waals surface area contributed by atoms with Gasteiger partial charge in [-0.1, -0.05) is 45.0 Å². The van der Waals surface area contributed by atoms with E-state index in [1.165, 1.54) is 11.3 Å². The summed E-state index contributed by atoms with van der Waals surface area (Å²) in [4.78, 5) is 0.875. The molecule has 0 bridgehead atoms. The summed E-state index contributed by atoms with van der Waals surface area (Å²) in [6.45, 7) is 12.4. The lowest BCUT2D eigenvalue weighted by molar-refractivity contribution is -0.180. The van der Waals surface area contributed by atoms with E-state index in [2.05, 4.69) is 33.9 Å². The lowest BCUT2D eigenvalue weighted by atomic mass is 10.1. The third-order valence-corrected chi connectivity index (χ3v) is 13.2. The molecular weight excluding hydrogens is 484 g/mol. The van der Waals surface area contributed by atoms with Gasteiger partial charge in [0.2, 0.25) is 0 Å². The lowest BCUT2D eigenvalue weighted by Crippen LogP contribution is -2.40. The van der Waals surface area contributed by atoms with Crippen LogP contribution in [-0.4, -0.2) is 29.6 Å². The van der Waals surface area contributed by atoms with Gasteiger partial charge in [-0.2, -0.15) is 0 Å². The molecule has 2 aromatic rings. The Balaban J connectivity index is 1.80. The van der Waals surface area contributed by atoms with E-state index < -0.39 is 23.5 Å². The predicted octanol–water partition coefficient (Wildman–Crippen LogP) is 6.83. The highest BCUT2D eigenvalue weighted by atomic mass is 35.7. The zero-order valence-electron chi connectivity index (χ0n) is 19.4. The molecule has 0 amide bonds. The molecule has 0 spiro atoms. The number of benzene rings is 1. The van der Waals surface area contributed by atoms with Crippen LogP contribution in [-0.2, 0) is 29.6 Å². The van der Waals surface area contributed by atoms with Crippen molar-refractivity contribution in [3.8, 4) is 0 Å². The van der Waals surface area contributed by atoms with Crippen LogP contribution >= 0.6 is 22.0 Å². The van der Waals surface area contributed by atoms with E-state index in [-0.39, 0.29) is 16.2 Å². The van der Waals surface area contributed by atoms with Crippen LogP contribution in [0, 0.1) is 0 Å². The molecule has 1 saturated heterocycles. The van der Waals surface area contributed by atoms with E-state index in [9.17, 15) is 8.42 Å². The minimum absolute atomic E-state index is 0.0942. The van der Waals surface area contributed by atoms with Crippen molar-refractivity contribution < 1.29 is 22.3 Å². The topological polar surface area (TPSA) is 61.8 Å². The van der Waals surface area contributed by atoms with Crippen molar-refractivity contribution in [2.24, 2.45) is 0 Å². The Morgan fingerprint density at radius 3 is 2.44 bits per heavy atom. The SMILES string of the molecule is CC(C)(C)[Si](C)(C)OCc1ccc(C(OC2CCCCO2)c2cc(S(=O)(=O)Cl)cs2)cc1. The number of halogens is 1. The fraction of sp³-hybridized carbons (Fsp3) is 0.565. The first-order valence-electron chi connectivity index (χ1n) is 10.9. The molecule has 0 aliphatic carbocycles. The van der Waals surface area contributed by atoms with E-state index in [1.54, 1.807) is 11.4 Å². The molecule has 2 atom stereocenters. The van der Waals surface area contributed by atoms with Gasteiger partial charge >= 0.3 is 0 Å². The molecule has 0 N–H and O–H groups in total. The van der Waals surface area contributed by atoms with Crippen molar-refractivity contribution in [3.05, 3.63) is 51.7 Å². The van der Waals surface area contributed by atoms with Crippen LogP contribution in [0.3, 0.4) is 0 Å². The normalized spacial score (nSPS) is 19.1. The van der Waals surface area contributed by atoms with Gasteiger partial charge in [-0.15, -0.1) is 11.3 Å². The Morgan fingerprint density at radius 1 is 1.22 bits per heavy atom. The Bertz CT molecular complexity index is 990. The maximum absolute atomic E-state index is 11.8. The molecule has 1 aliphatic heterocycles. The average molecular weight is 517 g/mol. The zero-order valence-corrected chi connectivity index (χ0v) is 22.8. The fourth-order valence-electron chi connectivity index (χ4n) is 3.15. The molecule has 0 radical (unpaired) electrons. The summed E-state index contributed by atoms with van der Waals surface area (Å²) in [6.07, 6.45) is 2.16. The van der Waals surface area contributed by atoms with Crippen LogP contribution in [0.2, 0.25) is 18.1 Å². The van der Waals surface area contributed by atoms with Crippen LogP contribution in [0.15, 0.2) is 40.6 Å². The monoisotopic (exact) mass is 516 g/mol. The minimum Gasteiger partial charge on any atom is -0.413 e. The van der Waals surface area contributed by atoms with Crippen LogP contribution in [0.25, 0.3) is 0 Å². The van der Waals surface area contributed by atoms with Crippen molar-refractivity contribution in [2.45, 2.75) is 82.1 Å². The minimum atomic E-state index is -3.79. The molecular formula is C23H33ClO5S2Si. The van der Waals surface area contributed by atoms with E-state index >= 15 is 0 Å². The molecule has 1 fully saturated rings. The highest BCUT2D eigenvalue weighted by Gasteiger charge is 2.37. The summed E-state index contributed by atoms with van der Waals surface area (Å²) in [5.74, 6) is 0. The lowest BCUT2D eigenvalue weighted by Gasteiger charge is -2.36. The smallest absolute Gasteiger partial charge is 0.262 e. The van der Waals surface area contributed by atoms with Gasteiger partial charge < -0.3 is 13.9 Å². The standard InChI is InChI=1S/C23H33ClO5S2Si/c1-23(2,3)32(4,5)28-15-17-9-11-18(12-10-17)22(29-21-8-6-7-13-27-21)20-14-19(16-30-20)31(24,25)26/h9-12,14,16,21-22H,6-8,13,15H2,1-5H3. The molecule has 2 heterocycles. The summed E-state index contributed by atoms with van der Waals surface area (Å²) < 4.78 is 41.9. The van der Waals surface area contributed by atoms with Crippen LogP contribution in [0.4, 0.5) is 0 Å². The third-order valence-electron chi connectivity index (χ3n) is 6.25. The first kappa shape index (κ1) is 25.9. The first-order chi connectivity index (χ1) is 14.9. The molecule has 3 rings (SSSR count). The summed E-state index contributed by atoms with van der Waals surface area (Å²) in [6, 6.07) is 9.73. The second kappa shape index (κ2) is 10.3. The van der Waals surface area contributed by atoms with E-state index in [0.29, 0.717) is 13.2 Å². The molecule has 0 saturated carbocycles. The maximum Gasteiger partial charge on any atom is 0.262 e. The zero-order chi connectivity index (χ0) is 23.6. The highest BCUT2D eigenvalue weighted by molar-refractivity contribution is 8.13. The van der Waals surface area contributed by atoms with Crippen molar-refractivity contribution in [3.63, 3.8) is 0 Å².